The number of nitrogens with zero attached hydrogens (tertiary/aromatic N) is 1. The van der Waals surface area contributed by atoms with Gasteiger partial charge in [0.1, 0.15) is 5.75 Å². The van der Waals surface area contributed by atoms with Crippen molar-refractivity contribution >= 4 is 27.7 Å². The van der Waals surface area contributed by atoms with E-state index in [-0.39, 0.29) is 5.75 Å². The molecule has 0 bridgehead atoms. The van der Waals surface area contributed by atoms with Crippen LogP contribution in [-0.4, -0.2) is 24.9 Å². The second-order valence-corrected chi connectivity index (χ2v) is 9.63. The number of unbranched alkanes of at least 4 members (excludes halogenated alkanes) is 3. The van der Waals surface area contributed by atoms with E-state index >= 15 is 0 Å². The van der Waals surface area contributed by atoms with Gasteiger partial charge >= 0.3 is 0 Å². The van der Waals surface area contributed by atoms with Crippen molar-refractivity contribution < 1.29 is 5.11 Å². The number of halogens is 1. The van der Waals surface area contributed by atoms with Crippen LogP contribution in [0.4, 0.5) is 0 Å². The van der Waals surface area contributed by atoms with Crippen molar-refractivity contribution in [1.29, 1.82) is 0 Å². The van der Waals surface area contributed by atoms with Crippen LogP contribution >= 0.6 is 15.9 Å². The third-order valence-electron chi connectivity index (χ3n) is 4.68. The summed E-state index contributed by atoms with van der Waals surface area (Å²) in [6.07, 6.45) is 11.7. The van der Waals surface area contributed by atoms with Crippen molar-refractivity contribution in [3.05, 3.63) is 58.2 Å². The second-order valence-electron chi connectivity index (χ2n) is 8.77. The second kappa shape index (κ2) is 22.0. The van der Waals surface area contributed by atoms with Crippen LogP contribution in [-0.2, 0) is 0 Å². The summed E-state index contributed by atoms with van der Waals surface area (Å²) in [7, 11) is 1.75. The molecule has 1 rings (SSSR count). The first-order valence-corrected chi connectivity index (χ1v) is 13.0. The van der Waals surface area contributed by atoms with Gasteiger partial charge < -0.3 is 10.4 Å². The molecule has 2 N–H and O–H groups in total. The molecule has 0 saturated carbocycles. The lowest BCUT2D eigenvalue weighted by molar-refractivity contribution is 0.474. The number of benzene rings is 1. The zero-order valence-corrected chi connectivity index (χ0v) is 24.1. The molecule has 188 valence electrons. The molecule has 0 aliphatic carbocycles. The molecule has 4 heteroatoms. The number of para-hydroxylation sites is 1. The Morgan fingerprint density at radius 1 is 1.09 bits per heavy atom. The van der Waals surface area contributed by atoms with E-state index in [0.29, 0.717) is 0 Å². The monoisotopic (exact) mass is 520 g/mol. The highest BCUT2D eigenvalue weighted by Crippen LogP contribution is 2.24. The summed E-state index contributed by atoms with van der Waals surface area (Å²) in [6, 6.07) is 7.25. The molecule has 0 aliphatic heterocycles. The van der Waals surface area contributed by atoms with Crippen LogP contribution in [0.1, 0.15) is 92.6 Å². The molecule has 0 heterocycles. The summed E-state index contributed by atoms with van der Waals surface area (Å²) >= 11 is 3.33. The number of hydrogen-bond donors (Lipinski definition) is 2. The molecule has 0 radical (unpaired) electrons. The molecule has 0 unspecified atom stereocenters. The first-order chi connectivity index (χ1) is 15.6. The normalized spacial score (nSPS) is 10.8. The van der Waals surface area contributed by atoms with Gasteiger partial charge in [0, 0.05) is 35.5 Å². The Balaban J connectivity index is 0. The third kappa shape index (κ3) is 20.5. The van der Waals surface area contributed by atoms with Gasteiger partial charge in [-0.25, -0.2) is 0 Å². The smallest absolute Gasteiger partial charge is 0.123 e. The van der Waals surface area contributed by atoms with Gasteiger partial charge in [0.2, 0.25) is 0 Å². The average Bonchev–Trinajstić information content (AvgIpc) is 2.75. The minimum absolute atomic E-state index is 0.273. The van der Waals surface area contributed by atoms with Crippen molar-refractivity contribution in [1.82, 2.24) is 5.32 Å². The van der Waals surface area contributed by atoms with Crippen LogP contribution in [0.25, 0.3) is 5.57 Å². The first kappa shape index (κ1) is 33.4. The number of allylic oxidation sites excluding steroid dienone is 5. The van der Waals surface area contributed by atoms with Crippen LogP contribution in [0.15, 0.2) is 57.7 Å². The molecule has 3 nitrogen and oxygen atoms in total. The minimum atomic E-state index is 0.273. The fourth-order valence-electron chi connectivity index (χ4n) is 2.64. The largest absolute Gasteiger partial charge is 0.507 e. The van der Waals surface area contributed by atoms with E-state index in [9.17, 15) is 5.11 Å². The molecule has 0 amide bonds. The summed E-state index contributed by atoms with van der Waals surface area (Å²) < 4.78 is 1.07. The Hall–Kier alpha value is -1.81. The number of hydrogen-bond acceptors (Lipinski definition) is 3. The fourth-order valence-corrected chi connectivity index (χ4v) is 2.85. The molecular weight excluding hydrogens is 472 g/mol. The summed E-state index contributed by atoms with van der Waals surface area (Å²) in [5, 5.41) is 13.0. The van der Waals surface area contributed by atoms with E-state index in [2.05, 4.69) is 60.5 Å². The van der Waals surface area contributed by atoms with E-state index in [4.69, 9.17) is 0 Å². The fraction of sp³-hybridized carbons (Fsp3) is 0.552. The Morgan fingerprint density at radius 2 is 1.70 bits per heavy atom. The van der Waals surface area contributed by atoms with Gasteiger partial charge in [0.15, 0.2) is 0 Å². The highest BCUT2D eigenvalue weighted by Gasteiger charge is 2.02. The van der Waals surface area contributed by atoms with Gasteiger partial charge in [-0.2, -0.15) is 0 Å². The Bertz CT molecular complexity index is 729. The number of aromatic hydroxyl groups is 1. The molecule has 0 spiro atoms. The highest BCUT2D eigenvalue weighted by atomic mass is 79.9. The molecule has 0 atom stereocenters. The Labute approximate surface area is 213 Å². The van der Waals surface area contributed by atoms with Crippen LogP contribution < -0.4 is 5.32 Å². The molecule has 1 aromatic carbocycles. The van der Waals surface area contributed by atoms with Gasteiger partial charge in [0.25, 0.3) is 0 Å². The summed E-state index contributed by atoms with van der Waals surface area (Å²) in [5.41, 5.74) is 3.93. The van der Waals surface area contributed by atoms with Crippen LogP contribution in [0.5, 0.6) is 5.75 Å². The molecular formula is C29H49BrN2O. The van der Waals surface area contributed by atoms with Crippen LogP contribution in [0.2, 0.25) is 0 Å². The predicted molar refractivity (Wildman–Crippen MR) is 155 cm³/mol. The summed E-state index contributed by atoms with van der Waals surface area (Å²) in [4.78, 5) is 3.83. The molecule has 0 aromatic heterocycles. The van der Waals surface area contributed by atoms with Gasteiger partial charge in [-0.1, -0.05) is 90.2 Å². The third-order valence-corrected chi connectivity index (χ3v) is 5.68. The SMILES string of the molecule is C=C(/C=C(\C)NCCCC)c1ccccc1O.CCCCCC(C)C.CN=CC(Br)=C(C)C. The van der Waals surface area contributed by atoms with E-state index in [1.807, 2.05) is 45.0 Å². The van der Waals surface area contributed by atoms with Gasteiger partial charge in [-0.05, 0) is 66.8 Å². The quantitative estimate of drug-likeness (QED) is 0.173. The zero-order chi connectivity index (χ0) is 25.6. The van der Waals surface area contributed by atoms with Crippen molar-refractivity contribution in [3.8, 4) is 5.75 Å². The molecule has 0 fully saturated rings. The predicted octanol–water partition coefficient (Wildman–Crippen LogP) is 9.30. The van der Waals surface area contributed by atoms with Crippen molar-refractivity contribution in [2.45, 2.75) is 87.0 Å². The standard InChI is InChI=1S/C15H21NO.C8H18.C6H10BrN/c1-4-5-10-16-13(3)11-12(2)14-8-6-7-9-15(14)17;1-4-5-6-7-8(2)3;1-5(2)6(7)4-8-3/h6-9,11,16-17H,2,4-5,10H2,1,3H3;8H,4-7H2,1-3H3;4H,1-3H3/b13-11+;;. The van der Waals surface area contributed by atoms with Gasteiger partial charge in [0.05, 0.1) is 0 Å². The molecule has 1 aromatic rings. The van der Waals surface area contributed by atoms with E-state index in [1.54, 1.807) is 19.3 Å². The first-order valence-electron chi connectivity index (χ1n) is 12.2. The Kier molecular flexibility index (Phi) is 22.2. The lowest BCUT2D eigenvalue weighted by Crippen LogP contribution is -2.12. The average molecular weight is 522 g/mol. The number of phenolic OH excluding ortho intramolecular Hbond substituents is 1. The highest BCUT2D eigenvalue weighted by molar-refractivity contribution is 9.12. The maximum Gasteiger partial charge on any atom is 0.123 e. The topological polar surface area (TPSA) is 44.6 Å². The molecule has 33 heavy (non-hydrogen) atoms. The lowest BCUT2D eigenvalue weighted by Gasteiger charge is -2.08. The van der Waals surface area contributed by atoms with E-state index in [1.165, 1.54) is 37.7 Å². The molecule has 0 aliphatic rings. The van der Waals surface area contributed by atoms with Crippen molar-refractivity contribution in [2.75, 3.05) is 13.6 Å². The summed E-state index contributed by atoms with van der Waals surface area (Å²) in [5.74, 6) is 1.18. The van der Waals surface area contributed by atoms with Crippen LogP contribution in [0.3, 0.4) is 0 Å². The van der Waals surface area contributed by atoms with Crippen LogP contribution in [0, 0.1) is 5.92 Å². The van der Waals surface area contributed by atoms with Gasteiger partial charge in [-0.3, -0.25) is 4.99 Å². The maximum atomic E-state index is 9.70. The zero-order valence-electron chi connectivity index (χ0n) is 22.5. The summed E-state index contributed by atoms with van der Waals surface area (Å²) in [6.45, 7) is 20.0. The van der Waals surface area contributed by atoms with E-state index in [0.717, 1.165) is 40.2 Å². The van der Waals surface area contributed by atoms with E-state index < -0.39 is 0 Å². The number of nitrogens with one attached hydrogen (secondary N) is 1. The maximum absolute atomic E-state index is 9.70. The van der Waals surface area contributed by atoms with Gasteiger partial charge in [-0.15, -0.1) is 0 Å². The van der Waals surface area contributed by atoms with Crippen molar-refractivity contribution in [3.63, 3.8) is 0 Å². The number of rotatable bonds is 11. The number of phenols is 1. The minimum Gasteiger partial charge on any atom is -0.507 e. The van der Waals surface area contributed by atoms with Crippen molar-refractivity contribution in [2.24, 2.45) is 10.9 Å². The Morgan fingerprint density at radius 3 is 2.15 bits per heavy atom. The number of aliphatic imine (C=N–C) groups is 1. The molecule has 0 saturated heterocycles. The lowest BCUT2D eigenvalue weighted by atomic mass is 10.1.